The number of aromatic nitrogens is 3. The van der Waals surface area contributed by atoms with Crippen LogP contribution in [0.15, 0.2) is 30.6 Å². The van der Waals surface area contributed by atoms with Gasteiger partial charge in [-0.3, -0.25) is 14.9 Å². The fourth-order valence-corrected chi connectivity index (χ4v) is 1.42. The molecule has 1 amide bonds. The van der Waals surface area contributed by atoms with Crippen LogP contribution in [0.2, 0.25) is 0 Å². The fraction of sp³-hybridized carbons (Fsp3) is 0.182. The van der Waals surface area contributed by atoms with Crippen molar-refractivity contribution in [3.8, 4) is 0 Å². The summed E-state index contributed by atoms with van der Waals surface area (Å²) in [6.45, 7) is 0.508. The maximum absolute atomic E-state index is 11.6. The molecule has 0 aliphatic rings. The van der Waals surface area contributed by atoms with Gasteiger partial charge in [-0.2, -0.15) is 5.10 Å². The second kappa shape index (κ2) is 5.11. The monoisotopic (exact) mass is 231 g/mol. The molecule has 6 heteroatoms. The number of carbonyl (C=O) groups is 1. The quantitative estimate of drug-likeness (QED) is 0.707. The number of nitrogen functional groups attached to an aromatic ring is 1. The predicted octanol–water partition coefficient (Wildman–Crippen LogP) is 0.359. The van der Waals surface area contributed by atoms with E-state index in [-0.39, 0.29) is 5.91 Å². The number of carbonyl (C=O) groups excluding carboxylic acids is 1. The lowest BCUT2D eigenvalue weighted by molar-refractivity contribution is 0.0950. The van der Waals surface area contributed by atoms with Crippen LogP contribution in [0.1, 0.15) is 16.2 Å². The number of H-pyrrole nitrogens is 1. The van der Waals surface area contributed by atoms with Gasteiger partial charge in [0.2, 0.25) is 0 Å². The van der Waals surface area contributed by atoms with Crippen LogP contribution >= 0.6 is 0 Å². The van der Waals surface area contributed by atoms with E-state index in [1.54, 1.807) is 6.20 Å². The molecule has 0 saturated carbocycles. The minimum absolute atomic E-state index is 0.254. The minimum Gasteiger partial charge on any atom is -0.396 e. The highest BCUT2D eigenvalue weighted by Crippen LogP contribution is 2.04. The summed E-state index contributed by atoms with van der Waals surface area (Å²) in [5, 5.41) is 8.98. The first kappa shape index (κ1) is 11.1. The van der Waals surface area contributed by atoms with Gasteiger partial charge in [-0.05, 0) is 12.1 Å². The Bertz CT molecular complexity index is 494. The summed E-state index contributed by atoms with van der Waals surface area (Å²) in [6, 6.07) is 5.68. The number of anilines is 1. The van der Waals surface area contributed by atoms with Gasteiger partial charge in [0.1, 0.15) is 5.69 Å². The van der Waals surface area contributed by atoms with E-state index in [0.29, 0.717) is 24.3 Å². The molecule has 0 aliphatic carbocycles. The maximum Gasteiger partial charge on any atom is 0.271 e. The van der Waals surface area contributed by atoms with Gasteiger partial charge in [-0.1, -0.05) is 6.07 Å². The largest absolute Gasteiger partial charge is 0.396 e. The first-order chi connectivity index (χ1) is 8.27. The summed E-state index contributed by atoms with van der Waals surface area (Å²) in [5.74, 6) is -0.254. The molecule has 0 atom stereocenters. The second-order valence-electron chi connectivity index (χ2n) is 3.53. The van der Waals surface area contributed by atoms with Crippen LogP contribution in [0, 0.1) is 0 Å². The van der Waals surface area contributed by atoms with E-state index in [2.05, 4.69) is 20.5 Å². The second-order valence-corrected chi connectivity index (χ2v) is 3.53. The first-order valence-electron chi connectivity index (χ1n) is 5.24. The van der Waals surface area contributed by atoms with Crippen LogP contribution in [0.3, 0.4) is 0 Å². The molecular weight excluding hydrogens is 218 g/mol. The van der Waals surface area contributed by atoms with Crippen molar-refractivity contribution in [3.63, 3.8) is 0 Å². The smallest absolute Gasteiger partial charge is 0.271 e. The molecule has 2 aromatic rings. The highest BCUT2D eigenvalue weighted by molar-refractivity contribution is 5.96. The van der Waals surface area contributed by atoms with Crippen LogP contribution in [0.25, 0.3) is 0 Å². The van der Waals surface area contributed by atoms with E-state index < -0.39 is 0 Å². The average Bonchev–Trinajstić information content (AvgIpc) is 2.77. The molecule has 2 heterocycles. The average molecular weight is 231 g/mol. The molecule has 2 rings (SSSR count). The molecule has 0 unspecified atom stereocenters. The van der Waals surface area contributed by atoms with E-state index in [1.165, 1.54) is 6.20 Å². The standard InChI is InChI=1S/C11H13N5O/c12-9-7-15-16-10(9)11(17)14-6-4-8-3-1-2-5-13-8/h1-3,5,7H,4,6,12H2,(H,14,17)(H,15,16). The predicted molar refractivity (Wildman–Crippen MR) is 63.3 cm³/mol. The lowest BCUT2D eigenvalue weighted by Crippen LogP contribution is -2.26. The van der Waals surface area contributed by atoms with E-state index in [9.17, 15) is 4.79 Å². The zero-order valence-electron chi connectivity index (χ0n) is 9.18. The zero-order chi connectivity index (χ0) is 12.1. The number of nitrogens with two attached hydrogens (primary N) is 1. The third-order valence-electron chi connectivity index (χ3n) is 2.29. The summed E-state index contributed by atoms with van der Waals surface area (Å²) >= 11 is 0. The third-order valence-corrected chi connectivity index (χ3v) is 2.29. The van der Waals surface area contributed by atoms with Crippen molar-refractivity contribution >= 4 is 11.6 Å². The van der Waals surface area contributed by atoms with Crippen LogP contribution < -0.4 is 11.1 Å². The number of nitrogens with zero attached hydrogens (tertiary/aromatic N) is 2. The van der Waals surface area contributed by atoms with E-state index >= 15 is 0 Å². The van der Waals surface area contributed by atoms with Crippen molar-refractivity contribution in [3.05, 3.63) is 42.0 Å². The Morgan fingerprint density at radius 3 is 3.00 bits per heavy atom. The van der Waals surface area contributed by atoms with Crippen molar-refractivity contribution in [2.75, 3.05) is 12.3 Å². The summed E-state index contributed by atoms with van der Waals surface area (Å²) in [7, 11) is 0. The van der Waals surface area contributed by atoms with Gasteiger partial charge < -0.3 is 11.1 Å². The number of hydrogen-bond donors (Lipinski definition) is 3. The van der Waals surface area contributed by atoms with Crippen LogP contribution in [-0.4, -0.2) is 27.6 Å². The molecule has 0 bridgehead atoms. The highest BCUT2D eigenvalue weighted by atomic mass is 16.1. The molecule has 0 aliphatic heterocycles. The number of amides is 1. The molecule has 17 heavy (non-hydrogen) atoms. The summed E-state index contributed by atoms with van der Waals surface area (Å²) < 4.78 is 0. The molecule has 0 spiro atoms. The Morgan fingerprint density at radius 1 is 1.47 bits per heavy atom. The van der Waals surface area contributed by atoms with Crippen molar-refractivity contribution in [2.24, 2.45) is 0 Å². The third kappa shape index (κ3) is 2.81. The van der Waals surface area contributed by atoms with Crippen LogP contribution in [0.4, 0.5) is 5.69 Å². The Hall–Kier alpha value is -2.37. The Kier molecular flexibility index (Phi) is 3.34. The lowest BCUT2D eigenvalue weighted by atomic mass is 10.2. The van der Waals surface area contributed by atoms with Gasteiger partial charge in [-0.15, -0.1) is 0 Å². The highest BCUT2D eigenvalue weighted by Gasteiger charge is 2.10. The van der Waals surface area contributed by atoms with Gasteiger partial charge in [0.05, 0.1) is 11.9 Å². The molecule has 2 aromatic heterocycles. The van der Waals surface area contributed by atoms with E-state index in [1.807, 2.05) is 18.2 Å². The van der Waals surface area contributed by atoms with Gasteiger partial charge in [0, 0.05) is 24.9 Å². The van der Waals surface area contributed by atoms with Crippen molar-refractivity contribution in [2.45, 2.75) is 6.42 Å². The number of pyridine rings is 1. The van der Waals surface area contributed by atoms with Crippen molar-refractivity contribution in [1.82, 2.24) is 20.5 Å². The van der Waals surface area contributed by atoms with Crippen LogP contribution in [0.5, 0.6) is 0 Å². The zero-order valence-corrected chi connectivity index (χ0v) is 9.18. The minimum atomic E-state index is -0.254. The molecule has 4 N–H and O–H groups in total. The van der Waals surface area contributed by atoms with Crippen LogP contribution in [-0.2, 0) is 6.42 Å². The summed E-state index contributed by atoms with van der Waals surface area (Å²) in [5.41, 5.74) is 7.14. The molecule has 88 valence electrons. The first-order valence-corrected chi connectivity index (χ1v) is 5.24. The van der Waals surface area contributed by atoms with Crippen molar-refractivity contribution < 1.29 is 4.79 Å². The van der Waals surface area contributed by atoms with E-state index in [4.69, 9.17) is 5.73 Å². The number of nitrogens with one attached hydrogen (secondary N) is 2. The van der Waals surface area contributed by atoms with Gasteiger partial charge in [0.25, 0.3) is 5.91 Å². The molecule has 0 radical (unpaired) electrons. The normalized spacial score (nSPS) is 10.1. The SMILES string of the molecule is Nc1cn[nH]c1C(=O)NCCc1ccccn1. The van der Waals surface area contributed by atoms with Gasteiger partial charge >= 0.3 is 0 Å². The maximum atomic E-state index is 11.6. The molecule has 6 nitrogen and oxygen atoms in total. The number of rotatable bonds is 4. The number of aromatic amines is 1. The van der Waals surface area contributed by atoms with Crippen molar-refractivity contribution in [1.29, 1.82) is 0 Å². The number of hydrogen-bond acceptors (Lipinski definition) is 4. The van der Waals surface area contributed by atoms with E-state index in [0.717, 1.165) is 5.69 Å². The summed E-state index contributed by atoms with van der Waals surface area (Å²) in [4.78, 5) is 15.8. The molecule has 0 saturated heterocycles. The lowest BCUT2D eigenvalue weighted by Gasteiger charge is -2.03. The summed E-state index contributed by atoms with van der Waals surface area (Å²) in [6.07, 6.45) is 3.82. The molecular formula is C11H13N5O. The topological polar surface area (TPSA) is 96.7 Å². The Balaban J connectivity index is 1.84. The fourth-order valence-electron chi connectivity index (χ4n) is 1.42. The molecule has 0 aromatic carbocycles. The molecule has 0 fully saturated rings. The van der Waals surface area contributed by atoms with Gasteiger partial charge in [0.15, 0.2) is 0 Å². The van der Waals surface area contributed by atoms with Gasteiger partial charge in [-0.25, -0.2) is 0 Å². The Labute approximate surface area is 98.3 Å². The Morgan fingerprint density at radius 2 is 2.35 bits per heavy atom.